The fourth-order valence-electron chi connectivity index (χ4n) is 2.83. The molecule has 2 aromatic rings. The lowest BCUT2D eigenvalue weighted by Crippen LogP contribution is -2.37. The Balaban J connectivity index is 2.26. The maximum absolute atomic E-state index is 13.7. The van der Waals surface area contributed by atoms with Crippen LogP contribution in [0, 0.1) is 16.0 Å². The molecule has 0 atom stereocenters. The van der Waals surface area contributed by atoms with E-state index in [0.717, 1.165) is 12.8 Å². The van der Waals surface area contributed by atoms with Crippen LogP contribution in [0.5, 0.6) is 0 Å². The van der Waals surface area contributed by atoms with Crippen LogP contribution in [0.3, 0.4) is 0 Å². The van der Waals surface area contributed by atoms with Crippen LogP contribution in [0.2, 0.25) is 0 Å². The Bertz CT molecular complexity index is 749. The van der Waals surface area contributed by atoms with E-state index in [1.165, 1.54) is 12.1 Å². The largest absolute Gasteiger partial charge is 0.396 e. The van der Waals surface area contributed by atoms with Crippen molar-refractivity contribution in [1.82, 2.24) is 15.3 Å². The number of carbonyl (C=O) groups excluding carboxylic acids is 1. The molecule has 0 unspecified atom stereocenters. The molecule has 2 rings (SSSR count). The number of aromatic amines is 2. The topological polar surface area (TPSA) is 80.9 Å². The first-order chi connectivity index (χ1) is 10.9. The molecule has 0 saturated carbocycles. The summed E-state index contributed by atoms with van der Waals surface area (Å²) in [6.45, 7) is 4.58. The van der Waals surface area contributed by atoms with Gasteiger partial charge in [0.15, 0.2) is 4.77 Å². The van der Waals surface area contributed by atoms with Crippen molar-refractivity contribution in [2.45, 2.75) is 33.1 Å². The number of aromatic nitrogens is 2. The van der Waals surface area contributed by atoms with Gasteiger partial charge in [-0.3, -0.25) is 4.79 Å². The van der Waals surface area contributed by atoms with E-state index >= 15 is 0 Å². The zero-order chi connectivity index (χ0) is 17.0. The molecule has 5 nitrogen and oxygen atoms in total. The molecule has 1 amide bonds. The number of aliphatic hydroxyl groups is 1. The van der Waals surface area contributed by atoms with Crippen LogP contribution in [0.15, 0.2) is 12.1 Å². The number of hydrogen-bond acceptors (Lipinski definition) is 3. The highest BCUT2D eigenvalue weighted by atomic mass is 32.1. The summed E-state index contributed by atoms with van der Waals surface area (Å²) in [7, 11) is 0. The van der Waals surface area contributed by atoms with E-state index in [4.69, 9.17) is 12.2 Å². The van der Waals surface area contributed by atoms with E-state index in [2.05, 4.69) is 15.3 Å². The second-order valence-electron chi connectivity index (χ2n) is 5.82. The molecule has 7 heteroatoms. The number of imidazole rings is 1. The number of nitrogens with one attached hydrogen (secondary N) is 3. The van der Waals surface area contributed by atoms with Gasteiger partial charge in [0.25, 0.3) is 5.91 Å². The molecular weight excluding hydrogens is 317 g/mol. The van der Waals surface area contributed by atoms with Gasteiger partial charge in [-0.1, -0.05) is 13.8 Å². The number of rotatable bonds is 7. The first kappa shape index (κ1) is 17.6. The van der Waals surface area contributed by atoms with Crippen molar-refractivity contribution < 1.29 is 14.3 Å². The van der Waals surface area contributed by atoms with Gasteiger partial charge in [0, 0.05) is 13.2 Å². The third-order valence-corrected chi connectivity index (χ3v) is 4.80. The number of amides is 1. The molecule has 0 aliphatic carbocycles. The van der Waals surface area contributed by atoms with E-state index in [1.807, 2.05) is 13.8 Å². The van der Waals surface area contributed by atoms with Gasteiger partial charge in [-0.2, -0.15) is 0 Å². The van der Waals surface area contributed by atoms with E-state index in [9.17, 15) is 14.3 Å². The van der Waals surface area contributed by atoms with Crippen LogP contribution in [0.4, 0.5) is 4.39 Å². The zero-order valence-corrected chi connectivity index (χ0v) is 14.1. The second-order valence-corrected chi connectivity index (χ2v) is 6.23. The SMILES string of the molecule is CCC(CC)(CCO)CNC(=O)c1cc(F)cc2[nH]c(=S)[nH]c12. The van der Waals surface area contributed by atoms with Crippen molar-refractivity contribution in [2.75, 3.05) is 13.2 Å². The molecule has 0 aliphatic rings. The summed E-state index contributed by atoms with van der Waals surface area (Å²) in [5, 5.41) is 12.1. The molecule has 0 aliphatic heterocycles. The van der Waals surface area contributed by atoms with Crippen LogP contribution in [0.25, 0.3) is 11.0 Å². The molecular formula is C16H22FN3O2S. The standard InChI is InChI=1S/C16H22FN3O2S/c1-3-16(4-2,5-6-21)9-18-14(22)11-7-10(17)8-12-13(11)20-15(23)19-12/h7-8,21H,3-6,9H2,1-2H3,(H,18,22)(H2,19,20,23). The summed E-state index contributed by atoms with van der Waals surface area (Å²) in [5.74, 6) is -0.857. The number of fused-ring (bicyclic) bond motifs is 1. The van der Waals surface area contributed by atoms with E-state index in [0.29, 0.717) is 28.8 Å². The van der Waals surface area contributed by atoms with Gasteiger partial charge in [-0.05, 0) is 49.0 Å². The number of halogens is 1. The zero-order valence-electron chi connectivity index (χ0n) is 13.3. The lowest BCUT2D eigenvalue weighted by Gasteiger charge is -2.31. The predicted octanol–water partition coefficient (Wildman–Crippen LogP) is 3.28. The molecule has 23 heavy (non-hydrogen) atoms. The fraction of sp³-hybridized carbons (Fsp3) is 0.500. The molecule has 0 radical (unpaired) electrons. The van der Waals surface area contributed by atoms with Crippen LogP contribution in [-0.4, -0.2) is 34.1 Å². The quantitative estimate of drug-likeness (QED) is 0.584. The van der Waals surface area contributed by atoms with Crippen LogP contribution in [-0.2, 0) is 0 Å². The van der Waals surface area contributed by atoms with Crippen molar-refractivity contribution in [1.29, 1.82) is 0 Å². The lowest BCUT2D eigenvalue weighted by molar-refractivity contribution is 0.0908. The number of aliphatic hydroxyl groups excluding tert-OH is 1. The predicted molar refractivity (Wildman–Crippen MR) is 90.5 cm³/mol. The average Bonchev–Trinajstić information content (AvgIpc) is 2.90. The van der Waals surface area contributed by atoms with Gasteiger partial charge < -0.3 is 20.4 Å². The molecule has 1 aromatic heterocycles. The van der Waals surface area contributed by atoms with Crippen LogP contribution in [0.1, 0.15) is 43.5 Å². The Hall–Kier alpha value is -1.73. The van der Waals surface area contributed by atoms with Gasteiger partial charge in [0.05, 0.1) is 16.6 Å². The Kier molecular flexibility index (Phi) is 5.54. The Labute approximate surface area is 139 Å². The molecule has 0 spiro atoms. The summed E-state index contributed by atoms with van der Waals surface area (Å²) in [6.07, 6.45) is 2.30. The monoisotopic (exact) mass is 339 g/mol. The molecule has 0 bridgehead atoms. The molecule has 126 valence electrons. The van der Waals surface area contributed by atoms with Gasteiger partial charge in [-0.15, -0.1) is 0 Å². The third kappa shape index (κ3) is 3.79. The number of H-pyrrole nitrogens is 2. The molecule has 1 heterocycles. The highest BCUT2D eigenvalue weighted by Crippen LogP contribution is 2.29. The van der Waals surface area contributed by atoms with Crippen LogP contribution < -0.4 is 5.32 Å². The third-order valence-electron chi connectivity index (χ3n) is 4.60. The summed E-state index contributed by atoms with van der Waals surface area (Å²) in [6, 6.07) is 2.49. The average molecular weight is 339 g/mol. The number of benzene rings is 1. The van der Waals surface area contributed by atoms with Gasteiger partial charge in [0.2, 0.25) is 0 Å². The Morgan fingerprint density at radius 3 is 2.65 bits per heavy atom. The molecule has 4 N–H and O–H groups in total. The highest BCUT2D eigenvalue weighted by Gasteiger charge is 2.26. The summed E-state index contributed by atoms with van der Waals surface area (Å²) < 4.78 is 14.1. The maximum Gasteiger partial charge on any atom is 0.253 e. The minimum absolute atomic E-state index is 0.0761. The molecule has 1 aromatic carbocycles. The smallest absolute Gasteiger partial charge is 0.253 e. The van der Waals surface area contributed by atoms with Crippen LogP contribution >= 0.6 is 12.2 Å². The minimum Gasteiger partial charge on any atom is -0.396 e. The van der Waals surface area contributed by atoms with Gasteiger partial charge in [0.1, 0.15) is 5.82 Å². The fourth-order valence-corrected chi connectivity index (χ4v) is 3.04. The summed E-state index contributed by atoms with van der Waals surface area (Å²) in [5.41, 5.74) is 1.03. The second kappa shape index (κ2) is 7.23. The van der Waals surface area contributed by atoms with E-state index < -0.39 is 5.82 Å². The number of hydrogen-bond donors (Lipinski definition) is 4. The lowest BCUT2D eigenvalue weighted by atomic mass is 9.79. The van der Waals surface area contributed by atoms with Crippen molar-refractivity contribution in [3.63, 3.8) is 0 Å². The Morgan fingerprint density at radius 1 is 1.35 bits per heavy atom. The van der Waals surface area contributed by atoms with E-state index in [-0.39, 0.29) is 23.5 Å². The minimum atomic E-state index is -0.500. The van der Waals surface area contributed by atoms with Gasteiger partial charge in [-0.25, -0.2) is 4.39 Å². The van der Waals surface area contributed by atoms with E-state index in [1.54, 1.807) is 0 Å². The summed E-state index contributed by atoms with van der Waals surface area (Å²) in [4.78, 5) is 18.2. The normalized spacial score (nSPS) is 11.8. The van der Waals surface area contributed by atoms with Crippen molar-refractivity contribution >= 4 is 29.2 Å². The number of carbonyl (C=O) groups is 1. The maximum atomic E-state index is 13.7. The summed E-state index contributed by atoms with van der Waals surface area (Å²) >= 11 is 5.01. The highest BCUT2D eigenvalue weighted by molar-refractivity contribution is 7.71. The first-order valence-electron chi connectivity index (χ1n) is 7.75. The van der Waals surface area contributed by atoms with Crippen molar-refractivity contribution in [2.24, 2.45) is 5.41 Å². The van der Waals surface area contributed by atoms with Crippen molar-refractivity contribution in [3.05, 3.63) is 28.3 Å². The molecule has 0 fully saturated rings. The Morgan fingerprint density at radius 2 is 2.04 bits per heavy atom. The van der Waals surface area contributed by atoms with Crippen molar-refractivity contribution in [3.8, 4) is 0 Å². The molecule has 0 saturated heterocycles. The van der Waals surface area contributed by atoms with Gasteiger partial charge >= 0.3 is 0 Å². The first-order valence-corrected chi connectivity index (χ1v) is 8.16.